The molecule has 2 unspecified atom stereocenters. The third kappa shape index (κ3) is 9.21. The van der Waals surface area contributed by atoms with E-state index < -0.39 is 0 Å². The highest BCUT2D eigenvalue weighted by Gasteiger charge is 2.06. The highest BCUT2D eigenvalue weighted by molar-refractivity contribution is 5.73. The predicted octanol–water partition coefficient (Wildman–Crippen LogP) is 0.0522. The molecule has 5 nitrogen and oxygen atoms in total. The molecule has 0 radical (unpaired) electrons. The summed E-state index contributed by atoms with van der Waals surface area (Å²) in [5.74, 6) is -0.137. The van der Waals surface area contributed by atoms with Crippen LogP contribution in [0.15, 0.2) is 0 Å². The van der Waals surface area contributed by atoms with Gasteiger partial charge < -0.3 is 15.4 Å². The molecule has 88 valence electrons. The Labute approximate surface area is 90.6 Å². The predicted molar refractivity (Wildman–Crippen MR) is 57.4 cm³/mol. The maximum Gasteiger partial charge on any atom is 0.217 e. The molecule has 2 amide bonds. The van der Waals surface area contributed by atoms with E-state index in [0.29, 0.717) is 13.2 Å². The second-order valence-electron chi connectivity index (χ2n) is 3.74. The minimum absolute atomic E-state index is 0.00738. The number of hydrogen-bond acceptors (Lipinski definition) is 3. The van der Waals surface area contributed by atoms with E-state index >= 15 is 0 Å². The van der Waals surface area contributed by atoms with Crippen molar-refractivity contribution in [3.8, 4) is 0 Å². The number of carbonyl (C=O) groups excluding carboxylic acids is 2. The fourth-order valence-corrected chi connectivity index (χ4v) is 1.20. The summed E-state index contributed by atoms with van der Waals surface area (Å²) in [6, 6.07) is -0.0148. The summed E-state index contributed by atoms with van der Waals surface area (Å²) in [5.41, 5.74) is 0. The van der Waals surface area contributed by atoms with Gasteiger partial charge in [0, 0.05) is 25.9 Å². The number of ether oxygens (including phenoxy) is 1. The lowest BCUT2D eigenvalue weighted by atomic mass is 10.3. The summed E-state index contributed by atoms with van der Waals surface area (Å²) in [4.78, 5) is 21.3. The first-order valence-corrected chi connectivity index (χ1v) is 5.03. The highest BCUT2D eigenvalue weighted by Crippen LogP contribution is 1.88. The van der Waals surface area contributed by atoms with Gasteiger partial charge in [-0.3, -0.25) is 9.59 Å². The summed E-state index contributed by atoms with van der Waals surface area (Å²) in [6.45, 7) is 7.56. The minimum Gasteiger partial charge on any atom is -0.377 e. The van der Waals surface area contributed by atoms with E-state index in [-0.39, 0.29) is 23.9 Å². The Kier molecular flexibility index (Phi) is 6.70. The lowest BCUT2D eigenvalue weighted by molar-refractivity contribution is -0.120. The quantitative estimate of drug-likeness (QED) is 0.659. The van der Waals surface area contributed by atoms with Crippen LogP contribution in [0.1, 0.15) is 27.7 Å². The molecular formula is C10H20N2O3. The molecule has 0 aromatic rings. The Morgan fingerprint density at radius 3 is 1.60 bits per heavy atom. The van der Waals surface area contributed by atoms with Gasteiger partial charge in [0.15, 0.2) is 0 Å². The summed E-state index contributed by atoms with van der Waals surface area (Å²) in [5, 5.41) is 5.41. The van der Waals surface area contributed by atoms with Crippen molar-refractivity contribution in [3.63, 3.8) is 0 Å². The van der Waals surface area contributed by atoms with Crippen LogP contribution in [0, 0.1) is 0 Å². The van der Waals surface area contributed by atoms with Crippen molar-refractivity contribution in [1.82, 2.24) is 10.6 Å². The van der Waals surface area contributed by atoms with Gasteiger partial charge in [-0.15, -0.1) is 0 Å². The molecule has 0 fully saturated rings. The van der Waals surface area contributed by atoms with Gasteiger partial charge in [-0.2, -0.15) is 0 Å². The molecule has 5 heteroatoms. The maximum absolute atomic E-state index is 10.7. The van der Waals surface area contributed by atoms with Crippen molar-refractivity contribution < 1.29 is 14.3 Å². The fourth-order valence-electron chi connectivity index (χ4n) is 1.20. The molecule has 0 aliphatic heterocycles. The first-order valence-electron chi connectivity index (χ1n) is 5.03. The molecule has 2 N–H and O–H groups in total. The van der Waals surface area contributed by atoms with E-state index in [0.717, 1.165) is 0 Å². The van der Waals surface area contributed by atoms with Crippen LogP contribution in [-0.2, 0) is 14.3 Å². The van der Waals surface area contributed by atoms with Crippen LogP contribution in [0.5, 0.6) is 0 Å². The Hall–Kier alpha value is -1.10. The maximum atomic E-state index is 10.7. The molecule has 0 aliphatic rings. The zero-order chi connectivity index (χ0) is 11.8. The van der Waals surface area contributed by atoms with E-state index in [9.17, 15) is 9.59 Å². The topological polar surface area (TPSA) is 67.4 Å². The van der Waals surface area contributed by atoms with Gasteiger partial charge in [-0.25, -0.2) is 0 Å². The average molecular weight is 216 g/mol. The van der Waals surface area contributed by atoms with Crippen LogP contribution in [0.3, 0.4) is 0 Å². The summed E-state index contributed by atoms with van der Waals surface area (Å²) >= 11 is 0. The molecule has 0 aromatic carbocycles. The van der Waals surface area contributed by atoms with Crippen molar-refractivity contribution in [2.24, 2.45) is 0 Å². The summed E-state index contributed by atoms with van der Waals surface area (Å²) in [6.07, 6.45) is 0. The normalized spacial score (nSPS) is 14.1. The molecule has 2 atom stereocenters. The van der Waals surface area contributed by atoms with Crippen molar-refractivity contribution in [1.29, 1.82) is 0 Å². The lowest BCUT2D eigenvalue weighted by Gasteiger charge is -2.16. The first kappa shape index (κ1) is 13.9. The van der Waals surface area contributed by atoms with E-state index in [1.165, 1.54) is 13.8 Å². The number of amides is 2. The zero-order valence-corrected chi connectivity index (χ0v) is 9.79. The van der Waals surface area contributed by atoms with Crippen molar-refractivity contribution in [2.45, 2.75) is 39.8 Å². The molecule has 0 spiro atoms. The second kappa shape index (κ2) is 7.23. The van der Waals surface area contributed by atoms with Crippen LogP contribution >= 0.6 is 0 Å². The van der Waals surface area contributed by atoms with E-state index in [4.69, 9.17) is 4.74 Å². The smallest absolute Gasteiger partial charge is 0.217 e. The fraction of sp³-hybridized carbons (Fsp3) is 0.800. The molecule has 0 rings (SSSR count). The first-order chi connectivity index (χ1) is 6.91. The third-order valence-electron chi connectivity index (χ3n) is 1.64. The SMILES string of the molecule is CC(=O)NC(C)COCC(C)NC(C)=O. The molecule has 0 aromatic heterocycles. The number of carbonyl (C=O) groups is 2. The van der Waals surface area contributed by atoms with Gasteiger partial charge in [0.2, 0.25) is 11.8 Å². The Balaban J connectivity index is 3.52. The Morgan fingerprint density at radius 1 is 1.00 bits per heavy atom. The molecule has 0 bridgehead atoms. The van der Waals surface area contributed by atoms with E-state index in [1.807, 2.05) is 13.8 Å². The monoisotopic (exact) mass is 216 g/mol. The number of hydrogen-bond donors (Lipinski definition) is 2. The van der Waals surface area contributed by atoms with Crippen LogP contribution in [0.4, 0.5) is 0 Å². The van der Waals surface area contributed by atoms with Gasteiger partial charge in [0.25, 0.3) is 0 Å². The molecule has 15 heavy (non-hydrogen) atoms. The average Bonchev–Trinajstić information content (AvgIpc) is 2.00. The lowest BCUT2D eigenvalue weighted by Crippen LogP contribution is -2.38. The summed E-state index contributed by atoms with van der Waals surface area (Å²) in [7, 11) is 0. The van der Waals surface area contributed by atoms with Crippen molar-refractivity contribution >= 4 is 11.8 Å². The largest absolute Gasteiger partial charge is 0.377 e. The molecule has 0 saturated carbocycles. The molecular weight excluding hydrogens is 196 g/mol. The van der Waals surface area contributed by atoms with Crippen LogP contribution in [0.25, 0.3) is 0 Å². The zero-order valence-electron chi connectivity index (χ0n) is 9.79. The Morgan fingerprint density at radius 2 is 1.33 bits per heavy atom. The van der Waals surface area contributed by atoms with Crippen LogP contribution in [-0.4, -0.2) is 37.1 Å². The second-order valence-corrected chi connectivity index (χ2v) is 3.74. The number of nitrogens with one attached hydrogen (secondary N) is 2. The van der Waals surface area contributed by atoms with Crippen LogP contribution in [0.2, 0.25) is 0 Å². The van der Waals surface area contributed by atoms with Gasteiger partial charge in [0.05, 0.1) is 13.2 Å². The Bertz CT molecular complexity index is 197. The standard InChI is InChI=1S/C10H20N2O3/c1-7(11-9(3)13)5-15-6-8(2)12-10(4)14/h7-8H,5-6H2,1-4H3,(H,11,13)(H,12,14). The number of rotatable bonds is 6. The van der Waals surface area contributed by atoms with Gasteiger partial charge in [-0.05, 0) is 13.8 Å². The highest BCUT2D eigenvalue weighted by atomic mass is 16.5. The van der Waals surface area contributed by atoms with Crippen LogP contribution < -0.4 is 10.6 Å². The van der Waals surface area contributed by atoms with Gasteiger partial charge in [-0.1, -0.05) is 0 Å². The van der Waals surface area contributed by atoms with E-state index in [1.54, 1.807) is 0 Å². The van der Waals surface area contributed by atoms with Crippen molar-refractivity contribution in [3.05, 3.63) is 0 Å². The molecule has 0 heterocycles. The summed E-state index contributed by atoms with van der Waals surface area (Å²) < 4.78 is 5.33. The van der Waals surface area contributed by atoms with Crippen molar-refractivity contribution in [2.75, 3.05) is 13.2 Å². The molecule has 0 saturated heterocycles. The van der Waals surface area contributed by atoms with E-state index in [2.05, 4.69) is 10.6 Å². The minimum atomic E-state index is -0.0685. The molecule has 0 aliphatic carbocycles. The third-order valence-corrected chi connectivity index (χ3v) is 1.64. The van der Waals surface area contributed by atoms with Gasteiger partial charge in [0.1, 0.15) is 0 Å². The van der Waals surface area contributed by atoms with Gasteiger partial charge >= 0.3 is 0 Å².